The molecular formula is C13H27N3O. The molecule has 1 fully saturated rings. The number of nitrogens with one attached hydrogen (secondary N) is 1. The maximum absolute atomic E-state index is 11.5. The largest absolute Gasteiger partial charge is 0.368 e. The Morgan fingerprint density at radius 1 is 1.35 bits per heavy atom. The highest BCUT2D eigenvalue weighted by Crippen LogP contribution is 2.22. The van der Waals surface area contributed by atoms with Gasteiger partial charge in [-0.15, -0.1) is 0 Å². The summed E-state index contributed by atoms with van der Waals surface area (Å²) in [5.74, 6) is -0.247. The van der Waals surface area contributed by atoms with Crippen molar-refractivity contribution in [3.63, 3.8) is 0 Å². The Bertz CT molecular complexity index is 245. The third kappa shape index (κ3) is 4.28. The van der Waals surface area contributed by atoms with E-state index in [2.05, 4.69) is 24.1 Å². The first-order valence-electron chi connectivity index (χ1n) is 6.73. The quantitative estimate of drug-likeness (QED) is 0.758. The van der Waals surface area contributed by atoms with Crippen LogP contribution in [0.3, 0.4) is 0 Å². The molecule has 4 heteroatoms. The van der Waals surface area contributed by atoms with Crippen molar-refractivity contribution >= 4 is 5.91 Å². The monoisotopic (exact) mass is 241 g/mol. The first-order valence-corrected chi connectivity index (χ1v) is 6.73. The molecule has 17 heavy (non-hydrogen) atoms. The Labute approximate surface area is 105 Å². The highest BCUT2D eigenvalue weighted by atomic mass is 16.1. The lowest BCUT2D eigenvalue weighted by atomic mass is 9.96. The zero-order valence-electron chi connectivity index (χ0n) is 11.6. The minimum absolute atomic E-state index is 0.238. The topological polar surface area (TPSA) is 58.4 Å². The highest BCUT2D eigenvalue weighted by Gasteiger charge is 2.28. The fourth-order valence-corrected chi connectivity index (χ4v) is 2.67. The van der Waals surface area contributed by atoms with Gasteiger partial charge in [0.1, 0.15) is 0 Å². The van der Waals surface area contributed by atoms with E-state index in [9.17, 15) is 4.79 Å². The number of hydrogen-bond donors (Lipinski definition) is 2. The van der Waals surface area contributed by atoms with E-state index in [1.165, 1.54) is 19.3 Å². The van der Waals surface area contributed by atoms with Gasteiger partial charge in [0, 0.05) is 24.7 Å². The maximum Gasteiger partial charge on any atom is 0.235 e. The summed E-state index contributed by atoms with van der Waals surface area (Å²) in [5.41, 5.74) is 5.46. The summed E-state index contributed by atoms with van der Waals surface area (Å²) in [6, 6.07) is 1.14. The van der Waals surface area contributed by atoms with Crippen LogP contribution in [-0.4, -0.2) is 41.5 Å². The number of likely N-dealkylation sites (tertiary alicyclic amines) is 1. The van der Waals surface area contributed by atoms with Crippen molar-refractivity contribution in [1.82, 2.24) is 10.2 Å². The molecule has 0 aromatic heterocycles. The first kappa shape index (κ1) is 14.5. The SMILES string of the molecule is CC(C)NC(CN1[C@H](C)CCC[C@@H]1C)C(N)=O. The van der Waals surface area contributed by atoms with Gasteiger partial charge in [0.2, 0.25) is 5.91 Å². The Kier molecular flexibility index (Phi) is 5.40. The molecule has 4 nitrogen and oxygen atoms in total. The van der Waals surface area contributed by atoms with Gasteiger partial charge in [-0.2, -0.15) is 0 Å². The molecule has 1 heterocycles. The molecule has 0 bridgehead atoms. The molecule has 1 saturated heterocycles. The highest BCUT2D eigenvalue weighted by molar-refractivity contribution is 5.80. The van der Waals surface area contributed by atoms with Gasteiger partial charge in [0.05, 0.1) is 6.04 Å². The second-order valence-electron chi connectivity index (χ2n) is 5.60. The van der Waals surface area contributed by atoms with Crippen molar-refractivity contribution in [2.75, 3.05) is 6.54 Å². The maximum atomic E-state index is 11.5. The van der Waals surface area contributed by atoms with Crippen molar-refractivity contribution in [2.24, 2.45) is 5.73 Å². The summed E-state index contributed by atoms with van der Waals surface area (Å²) in [5, 5.41) is 3.25. The molecule has 0 aromatic rings. The Balaban J connectivity index is 2.61. The van der Waals surface area contributed by atoms with Crippen molar-refractivity contribution < 1.29 is 4.79 Å². The summed E-state index contributed by atoms with van der Waals surface area (Å²) in [6.07, 6.45) is 3.73. The average molecular weight is 241 g/mol. The van der Waals surface area contributed by atoms with Crippen LogP contribution in [0.1, 0.15) is 47.0 Å². The van der Waals surface area contributed by atoms with Crippen molar-refractivity contribution in [2.45, 2.75) is 71.1 Å². The van der Waals surface area contributed by atoms with Crippen LogP contribution in [0.15, 0.2) is 0 Å². The molecular weight excluding hydrogens is 214 g/mol. The van der Waals surface area contributed by atoms with E-state index in [4.69, 9.17) is 5.73 Å². The lowest BCUT2D eigenvalue weighted by Crippen LogP contribution is -2.55. The van der Waals surface area contributed by atoms with Gasteiger partial charge in [-0.25, -0.2) is 0 Å². The second kappa shape index (κ2) is 6.36. The number of amides is 1. The fraction of sp³-hybridized carbons (Fsp3) is 0.923. The number of carbonyl (C=O) groups excluding carboxylic acids is 1. The van der Waals surface area contributed by atoms with Gasteiger partial charge in [0.15, 0.2) is 0 Å². The number of primary amides is 1. The zero-order valence-corrected chi connectivity index (χ0v) is 11.6. The second-order valence-corrected chi connectivity index (χ2v) is 5.60. The predicted octanol–water partition coefficient (Wildman–Crippen LogP) is 1.10. The van der Waals surface area contributed by atoms with Crippen LogP contribution in [0.2, 0.25) is 0 Å². The van der Waals surface area contributed by atoms with Gasteiger partial charge < -0.3 is 11.1 Å². The number of hydrogen-bond acceptors (Lipinski definition) is 3. The van der Waals surface area contributed by atoms with Gasteiger partial charge >= 0.3 is 0 Å². The van der Waals surface area contributed by atoms with Crippen LogP contribution >= 0.6 is 0 Å². The van der Waals surface area contributed by atoms with Crippen LogP contribution in [0.5, 0.6) is 0 Å². The van der Waals surface area contributed by atoms with E-state index in [0.29, 0.717) is 12.1 Å². The molecule has 3 N–H and O–H groups in total. The van der Waals surface area contributed by atoms with E-state index in [1.54, 1.807) is 0 Å². The molecule has 1 unspecified atom stereocenters. The first-order chi connectivity index (χ1) is 7.91. The number of nitrogens with zero attached hydrogens (tertiary/aromatic N) is 1. The number of rotatable bonds is 5. The minimum Gasteiger partial charge on any atom is -0.368 e. The lowest BCUT2D eigenvalue weighted by molar-refractivity contribution is -0.121. The molecule has 1 aliphatic rings. The summed E-state index contributed by atoms with van der Waals surface area (Å²) in [4.78, 5) is 13.9. The molecule has 0 aliphatic carbocycles. The Hall–Kier alpha value is -0.610. The molecule has 0 saturated carbocycles. The Morgan fingerprint density at radius 2 is 1.88 bits per heavy atom. The number of nitrogens with two attached hydrogens (primary N) is 1. The van der Waals surface area contributed by atoms with Gasteiger partial charge in [0.25, 0.3) is 0 Å². The standard InChI is InChI=1S/C13H27N3O/c1-9(2)15-12(13(14)17)8-16-10(3)6-5-7-11(16)4/h9-12,15H,5-8H2,1-4H3,(H2,14,17)/t10-,11+,12?. The van der Waals surface area contributed by atoms with E-state index < -0.39 is 0 Å². The molecule has 0 aromatic carbocycles. The van der Waals surface area contributed by atoms with Gasteiger partial charge in [-0.3, -0.25) is 9.69 Å². The zero-order chi connectivity index (χ0) is 13.0. The van der Waals surface area contributed by atoms with Crippen LogP contribution < -0.4 is 11.1 Å². The number of piperidine rings is 1. The molecule has 0 radical (unpaired) electrons. The predicted molar refractivity (Wildman–Crippen MR) is 70.7 cm³/mol. The molecule has 1 amide bonds. The van der Waals surface area contributed by atoms with Gasteiger partial charge in [-0.05, 0) is 26.7 Å². The van der Waals surface area contributed by atoms with Crippen LogP contribution in [0, 0.1) is 0 Å². The molecule has 3 atom stereocenters. The summed E-state index contributed by atoms with van der Waals surface area (Å²) < 4.78 is 0. The third-order valence-corrected chi connectivity index (χ3v) is 3.65. The molecule has 1 rings (SSSR count). The van der Waals surface area contributed by atoms with E-state index in [0.717, 1.165) is 6.54 Å². The van der Waals surface area contributed by atoms with Crippen LogP contribution in [0.4, 0.5) is 0 Å². The van der Waals surface area contributed by atoms with E-state index in [-0.39, 0.29) is 18.0 Å². The van der Waals surface area contributed by atoms with Crippen LogP contribution in [0.25, 0.3) is 0 Å². The molecule has 1 aliphatic heterocycles. The van der Waals surface area contributed by atoms with E-state index in [1.807, 2.05) is 13.8 Å². The normalized spacial score (nSPS) is 28.3. The van der Waals surface area contributed by atoms with Crippen molar-refractivity contribution in [3.8, 4) is 0 Å². The third-order valence-electron chi connectivity index (χ3n) is 3.65. The molecule has 100 valence electrons. The summed E-state index contributed by atoms with van der Waals surface area (Å²) in [7, 11) is 0. The molecule has 0 spiro atoms. The average Bonchev–Trinajstić information content (AvgIpc) is 2.21. The van der Waals surface area contributed by atoms with Gasteiger partial charge in [-0.1, -0.05) is 20.3 Å². The van der Waals surface area contributed by atoms with Crippen molar-refractivity contribution in [1.29, 1.82) is 0 Å². The van der Waals surface area contributed by atoms with Crippen molar-refractivity contribution in [3.05, 3.63) is 0 Å². The van der Waals surface area contributed by atoms with Crippen LogP contribution in [-0.2, 0) is 4.79 Å². The van der Waals surface area contributed by atoms with E-state index >= 15 is 0 Å². The Morgan fingerprint density at radius 3 is 2.29 bits per heavy atom. The summed E-state index contributed by atoms with van der Waals surface area (Å²) >= 11 is 0. The smallest absolute Gasteiger partial charge is 0.235 e. The number of carbonyl (C=O) groups is 1. The summed E-state index contributed by atoms with van der Waals surface area (Å²) in [6.45, 7) is 9.29. The minimum atomic E-state index is -0.247. The fourth-order valence-electron chi connectivity index (χ4n) is 2.67. The lowest BCUT2D eigenvalue weighted by Gasteiger charge is -2.40.